The number of aromatic hydroxyl groups is 1. The SMILES string of the molecule is CC(C)c1cc2c(cc1O)[nH]c1ccccc12. The van der Waals surface area contributed by atoms with Crippen molar-refractivity contribution >= 4 is 21.8 Å². The zero-order valence-electron chi connectivity index (χ0n) is 9.99. The average Bonchev–Trinajstić information content (AvgIpc) is 2.64. The van der Waals surface area contributed by atoms with Gasteiger partial charge in [-0.25, -0.2) is 0 Å². The molecule has 2 heteroatoms. The fourth-order valence-corrected chi connectivity index (χ4v) is 2.37. The summed E-state index contributed by atoms with van der Waals surface area (Å²) in [5.74, 6) is 0.701. The minimum atomic E-state index is 0.327. The lowest BCUT2D eigenvalue weighted by atomic mass is 9.99. The molecule has 2 nitrogen and oxygen atoms in total. The molecule has 0 amide bonds. The van der Waals surface area contributed by atoms with Gasteiger partial charge in [-0.05, 0) is 23.6 Å². The van der Waals surface area contributed by atoms with Gasteiger partial charge in [-0.1, -0.05) is 32.0 Å². The Morgan fingerprint density at radius 3 is 2.53 bits per heavy atom. The molecule has 0 unspecified atom stereocenters. The first kappa shape index (κ1) is 10.2. The summed E-state index contributed by atoms with van der Waals surface area (Å²) in [5.41, 5.74) is 3.11. The lowest BCUT2D eigenvalue weighted by Gasteiger charge is -2.08. The van der Waals surface area contributed by atoms with E-state index in [0.29, 0.717) is 11.7 Å². The van der Waals surface area contributed by atoms with Gasteiger partial charge < -0.3 is 10.1 Å². The molecule has 0 aliphatic rings. The van der Waals surface area contributed by atoms with Crippen LogP contribution in [0.3, 0.4) is 0 Å². The quantitative estimate of drug-likeness (QED) is 0.641. The smallest absolute Gasteiger partial charge is 0.121 e. The van der Waals surface area contributed by atoms with Crippen molar-refractivity contribution < 1.29 is 5.11 Å². The highest BCUT2D eigenvalue weighted by Crippen LogP contribution is 2.33. The Morgan fingerprint density at radius 2 is 1.76 bits per heavy atom. The van der Waals surface area contributed by atoms with Crippen molar-refractivity contribution in [1.82, 2.24) is 4.98 Å². The normalized spacial score (nSPS) is 11.7. The summed E-state index contributed by atoms with van der Waals surface area (Å²) in [6, 6.07) is 12.1. The van der Waals surface area contributed by atoms with Crippen molar-refractivity contribution in [2.45, 2.75) is 19.8 Å². The Hall–Kier alpha value is -1.96. The van der Waals surface area contributed by atoms with Crippen LogP contribution in [-0.2, 0) is 0 Å². The molecule has 17 heavy (non-hydrogen) atoms. The van der Waals surface area contributed by atoms with Gasteiger partial charge in [0.05, 0.1) is 5.52 Å². The zero-order valence-corrected chi connectivity index (χ0v) is 9.99. The van der Waals surface area contributed by atoms with E-state index in [1.807, 2.05) is 18.2 Å². The van der Waals surface area contributed by atoms with Crippen LogP contribution in [0.15, 0.2) is 36.4 Å². The number of H-pyrrole nitrogens is 1. The van der Waals surface area contributed by atoms with Gasteiger partial charge in [-0.2, -0.15) is 0 Å². The molecular formula is C15H15NO. The van der Waals surface area contributed by atoms with E-state index in [0.717, 1.165) is 16.6 Å². The van der Waals surface area contributed by atoms with Gasteiger partial charge in [0.25, 0.3) is 0 Å². The molecule has 1 aromatic heterocycles. The number of fused-ring (bicyclic) bond motifs is 3. The highest BCUT2D eigenvalue weighted by molar-refractivity contribution is 6.07. The number of aromatic amines is 1. The summed E-state index contributed by atoms with van der Waals surface area (Å²) >= 11 is 0. The number of hydrogen-bond acceptors (Lipinski definition) is 1. The van der Waals surface area contributed by atoms with Crippen LogP contribution in [0.2, 0.25) is 0 Å². The average molecular weight is 225 g/mol. The highest BCUT2D eigenvalue weighted by atomic mass is 16.3. The number of aromatic nitrogens is 1. The molecule has 0 radical (unpaired) electrons. The third-order valence-electron chi connectivity index (χ3n) is 3.28. The van der Waals surface area contributed by atoms with Crippen LogP contribution < -0.4 is 0 Å². The molecule has 3 aromatic rings. The van der Waals surface area contributed by atoms with Crippen LogP contribution in [-0.4, -0.2) is 10.1 Å². The molecule has 0 aliphatic heterocycles. The van der Waals surface area contributed by atoms with E-state index in [1.54, 1.807) is 0 Å². The van der Waals surface area contributed by atoms with E-state index in [2.05, 4.69) is 37.0 Å². The monoisotopic (exact) mass is 225 g/mol. The van der Waals surface area contributed by atoms with Crippen LogP contribution >= 0.6 is 0 Å². The van der Waals surface area contributed by atoms with Crippen molar-refractivity contribution in [2.75, 3.05) is 0 Å². The highest BCUT2D eigenvalue weighted by Gasteiger charge is 2.10. The van der Waals surface area contributed by atoms with Crippen LogP contribution in [0.4, 0.5) is 0 Å². The van der Waals surface area contributed by atoms with Gasteiger partial charge in [-0.3, -0.25) is 0 Å². The number of phenolic OH excluding ortho intramolecular Hbond substituents is 1. The predicted molar refractivity (Wildman–Crippen MR) is 71.6 cm³/mol. The fraction of sp³-hybridized carbons (Fsp3) is 0.200. The standard InChI is InChI=1S/C15H15NO/c1-9(2)11-7-12-10-5-3-4-6-13(10)16-14(12)8-15(11)17/h3-9,16-17H,1-2H3. The summed E-state index contributed by atoms with van der Waals surface area (Å²) in [4.78, 5) is 3.32. The van der Waals surface area contributed by atoms with Gasteiger partial charge in [0.2, 0.25) is 0 Å². The Morgan fingerprint density at radius 1 is 1.00 bits per heavy atom. The van der Waals surface area contributed by atoms with E-state index in [4.69, 9.17) is 0 Å². The minimum Gasteiger partial charge on any atom is -0.508 e. The van der Waals surface area contributed by atoms with Crippen LogP contribution in [0, 0.1) is 0 Å². The first-order valence-corrected chi connectivity index (χ1v) is 5.90. The molecule has 1 heterocycles. The third-order valence-corrected chi connectivity index (χ3v) is 3.28. The summed E-state index contributed by atoms with van der Waals surface area (Å²) in [6.45, 7) is 4.19. The lowest BCUT2D eigenvalue weighted by molar-refractivity contribution is 0.466. The van der Waals surface area contributed by atoms with E-state index in [1.165, 1.54) is 10.8 Å². The molecule has 2 N–H and O–H groups in total. The zero-order chi connectivity index (χ0) is 12.0. The van der Waals surface area contributed by atoms with Crippen molar-refractivity contribution in [2.24, 2.45) is 0 Å². The first-order valence-electron chi connectivity index (χ1n) is 5.90. The van der Waals surface area contributed by atoms with Crippen molar-refractivity contribution in [3.8, 4) is 5.75 Å². The van der Waals surface area contributed by atoms with Crippen LogP contribution in [0.25, 0.3) is 21.8 Å². The number of benzene rings is 2. The third kappa shape index (κ3) is 1.48. The lowest BCUT2D eigenvalue weighted by Crippen LogP contribution is -1.87. The van der Waals surface area contributed by atoms with E-state index >= 15 is 0 Å². The summed E-state index contributed by atoms with van der Waals surface area (Å²) in [7, 11) is 0. The van der Waals surface area contributed by atoms with Gasteiger partial charge in [0.1, 0.15) is 5.75 Å². The van der Waals surface area contributed by atoms with E-state index in [-0.39, 0.29) is 0 Å². The largest absolute Gasteiger partial charge is 0.508 e. The van der Waals surface area contributed by atoms with Crippen molar-refractivity contribution in [3.63, 3.8) is 0 Å². The summed E-state index contributed by atoms with van der Waals surface area (Å²) in [6.07, 6.45) is 0. The Balaban J connectivity index is 2.43. The molecule has 0 atom stereocenters. The maximum absolute atomic E-state index is 9.98. The second kappa shape index (κ2) is 3.52. The summed E-state index contributed by atoms with van der Waals surface area (Å²) in [5, 5.41) is 12.4. The molecule has 0 spiro atoms. The maximum Gasteiger partial charge on any atom is 0.121 e. The minimum absolute atomic E-state index is 0.327. The number of rotatable bonds is 1. The number of hydrogen-bond donors (Lipinski definition) is 2. The molecule has 2 aromatic carbocycles. The molecule has 0 aliphatic carbocycles. The van der Waals surface area contributed by atoms with Gasteiger partial charge in [-0.15, -0.1) is 0 Å². The molecule has 86 valence electrons. The molecule has 0 fully saturated rings. The van der Waals surface area contributed by atoms with Crippen molar-refractivity contribution in [3.05, 3.63) is 42.0 Å². The maximum atomic E-state index is 9.98. The van der Waals surface area contributed by atoms with Gasteiger partial charge in [0, 0.05) is 22.4 Å². The second-order valence-corrected chi connectivity index (χ2v) is 4.78. The molecule has 3 rings (SSSR count). The topological polar surface area (TPSA) is 36.0 Å². The summed E-state index contributed by atoms with van der Waals surface area (Å²) < 4.78 is 0. The van der Waals surface area contributed by atoms with Gasteiger partial charge in [0.15, 0.2) is 0 Å². The molecule has 0 saturated heterocycles. The molecule has 0 bridgehead atoms. The Kier molecular flexibility index (Phi) is 2.11. The number of nitrogens with one attached hydrogen (secondary N) is 1. The molecular weight excluding hydrogens is 210 g/mol. The fourth-order valence-electron chi connectivity index (χ4n) is 2.37. The van der Waals surface area contributed by atoms with E-state index < -0.39 is 0 Å². The van der Waals surface area contributed by atoms with E-state index in [9.17, 15) is 5.11 Å². The first-order chi connectivity index (χ1) is 8.16. The second-order valence-electron chi connectivity index (χ2n) is 4.78. The Bertz CT molecular complexity index is 695. The van der Waals surface area contributed by atoms with Crippen LogP contribution in [0.1, 0.15) is 25.3 Å². The van der Waals surface area contributed by atoms with Gasteiger partial charge >= 0.3 is 0 Å². The number of para-hydroxylation sites is 1. The number of phenols is 1. The Labute approximate surface area is 99.9 Å². The molecule has 0 saturated carbocycles. The van der Waals surface area contributed by atoms with Crippen LogP contribution in [0.5, 0.6) is 5.75 Å². The predicted octanol–water partition coefficient (Wildman–Crippen LogP) is 4.15. The van der Waals surface area contributed by atoms with Crippen molar-refractivity contribution in [1.29, 1.82) is 0 Å².